The molecule has 3 heterocycles. The molecule has 8 heteroatoms. The van der Waals surface area contributed by atoms with Gasteiger partial charge in [0.15, 0.2) is 11.2 Å². The molecule has 0 aliphatic carbocycles. The van der Waals surface area contributed by atoms with Crippen molar-refractivity contribution in [2.24, 2.45) is 12.1 Å². The molecule has 25 heavy (non-hydrogen) atoms. The van der Waals surface area contributed by atoms with E-state index in [1.807, 2.05) is 44.2 Å². The predicted octanol–water partition coefficient (Wildman–Crippen LogP) is 1.31. The number of nitrogens with zero attached hydrogens (tertiary/aromatic N) is 5. The number of hydrazone groups is 1. The van der Waals surface area contributed by atoms with Crippen molar-refractivity contribution in [3.63, 3.8) is 0 Å². The van der Waals surface area contributed by atoms with Gasteiger partial charge in [-0.1, -0.05) is 30.3 Å². The zero-order valence-corrected chi connectivity index (χ0v) is 14.2. The van der Waals surface area contributed by atoms with E-state index in [0.29, 0.717) is 17.1 Å². The summed E-state index contributed by atoms with van der Waals surface area (Å²) >= 11 is 0. The molecule has 1 atom stereocenters. The van der Waals surface area contributed by atoms with Crippen molar-refractivity contribution in [1.82, 2.24) is 18.7 Å². The Morgan fingerprint density at radius 1 is 1.20 bits per heavy atom. The predicted molar refractivity (Wildman–Crippen MR) is 96.2 cm³/mol. The molecule has 1 aliphatic heterocycles. The van der Waals surface area contributed by atoms with Crippen molar-refractivity contribution in [1.29, 1.82) is 0 Å². The molecular formula is C17H18N6O2. The number of benzene rings is 1. The molecule has 0 saturated carbocycles. The molecule has 4 rings (SSSR count). The average Bonchev–Trinajstić information content (AvgIpc) is 3.01. The molecule has 0 saturated heterocycles. The topological polar surface area (TPSA) is 86.2 Å². The quantitative estimate of drug-likeness (QED) is 0.763. The minimum Gasteiger partial charge on any atom is -0.294 e. The van der Waals surface area contributed by atoms with E-state index in [2.05, 4.69) is 15.5 Å². The molecule has 2 aromatic heterocycles. The lowest BCUT2D eigenvalue weighted by molar-refractivity contribution is 0.645. The number of hydrogen-bond donors (Lipinski definition) is 1. The van der Waals surface area contributed by atoms with Crippen LogP contribution in [0.2, 0.25) is 0 Å². The van der Waals surface area contributed by atoms with Crippen molar-refractivity contribution in [3.05, 3.63) is 56.7 Å². The molecule has 0 fully saturated rings. The molecule has 8 nitrogen and oxygen atoms in total. The van der Waals surface area contributed by atoms with Crippen LogP contribution in [0.3, 0.4) is 0 Å². The molecule has 1 aliphatic rings. The summed E-state index contributed by atoms with van der Waals surface area (Å²) in [5, 5.41) is 4.21. The number of fused-ring (bicyclic) bond motifs is 3. The fourth-order valence-electron chi connectivity index (χ4n) is 3.12. The van der Waals surface area contributed by atoms with E-state index in [1.165, 1.54) is 9.13 Å². The molecule has 0 radical (unpaired) electrons. The molecule has 0 amide bonds. The Labute approximate surface area is 143 Å². The van der Waals surface area contributed by atoms with E-state index in [4.69, 9.17) is 0 Å². The van der Waals surface area contributed by atoms with Crippen molar-refractivity contribution in [2.75, 3.05) is 5.43 Å². The van der Waals surface area contributed by atoms with Gasteiger partial charge < -0.3 is 0 Å². The zero-order chi connectivity index (χ0) is 17.7. The summed E-state index contributed by atoms with van der Waals surface area (Å²) < 4.78 is 4.47. The van der Waals surface area contributed by atoms with Crippen molar-refractivity contribution < 1.29 is 0 Å². The first-order valence-electron chi connectivity index (χ1n) is 8.05. The summed E-state index contributed by atoms with van der Waals surface area (Å²) in [7, 11) is 1.63. The van der Waals surface area contributed by atoms with Crippen LogP contribution in [0.15, 0.2) is 45.0 Å². The Morgan fingerprint density at radius 3 is 2.64 bits per heavy atom. The number of anilines is 1. The maximum atomic E-state index is 13.1. The standard InChI is InChI=1S/C17H18N6O2/c1-10-11(2)23-13-14(18-16(23)20-19-10)21(3)17(25)22(15(13)24)9-12-7-5-4-6-8-12/h4-8,11H,9H2,1-3H3,(H,18,20)/t11-/m1/s1. The lowest BCUT2D eigenvalue weighted by Crippen LogP contribution is -2.40. The fraction of sp³-hybridized carbons (Fsp3) is 0.294. The van der Waals surface area contributed by atoms with Crippen LogP contribution < -0.4 is 16.7 Å². The third-order valence-electron chi connectivity index (χ3n) is 4.68. The van der Waals surface area contributed by atoms with Crippen LogP contribution in [0.5, 0.6) is 0 Å². The molecule has 0 unspecified atom stereocenters. The van der Waals surface area contributed by atoms with Gasteiger partial charge in [-0.25, -0.2) is 10.2 Å². The highest BCUT2D eigenvalue weighted by molar-refractivity contribution is 5.90. The van der Waals surface area contributed by atoms with Crippen LogP contribution in [-0.4, -0.2) is 24.4 Å². The molecule has 1 N–H and O–H groups in total. The summed E-state index contributed by atoms with van der Waals surface area (Å²) in [5.74, 6) is 0.470. The second-order valence-corrected chi connectivity index (χ2v) is 6.24. The highest BCUT2D eigenvalue weighted by atomic mass is 16.2. The molecule has 3 aromatic rings. The Bertz CT molecular complexity index is 1120. The minimum atomic E-state index is -0.387. The SMILES string of the molecule is CC1=NNc2nc3c(c(=O)n(Cc4ccccc4)c(=O)n3C)n2[C@@H]1C. The van der Waals surface area contributed by atoms with Gasteiger partial charge in [0.1, 0.15) is 0 Å². The lowest BCUT2D eigenvalue weighted by atomic mass is 10.2. The number of aryl methyl sites for hydroxylation is 1. The molecule has 0 bridgehead atoms. The minimum absolute atomic E-state index is 0.114. The van der Waals surface area contributed by atoms with E-state index in [9.17, 15) is 9.59 Å². The molecule has 1 aromatic carbocycles. The smallest absolute Gasteiger partial charge is 0.294 e. The Hall–Kier alpha value is -3.16. The van der Waals surface area contributed by atoms with Crippen LogP contribution in [0.4, 0.5) is 5.95 Å². The van der Waals surface area contributed by atoms with Gasteiger partial charge in [-0.2, -0.15) is 10.1 Å². The van der Waals surface area contributed by atoms with Gasteiger partial charge in [0.25, 0.3) is 5.56 Å². The fourth-order valence-corrected chi connectivity index (χ4v) is 3.12. The summed E-state index contributed by atoms with van der Waals surface area (Å²) in [5.41, 5.74) is 4.62. The van der Waals surface area contributed by atoms with E-state index < -0.39 is 0 Å². The number of hydrogen-bond acceptors (Lipinski definition) is 5. The molecular weight excluding hydrogens is 320 g/mol. The Kier molecular flexibility index (Phi) is 3.34. The van der Waals surface area contributed by atoms with Crippen LogP contribution in [0.1, 0.15) is 25.5 Å². The first-order valence-corrected chi connectivity index (χ1v) is 8.05. The summed E-state index contributed by atoms with van der Waals surface area (Å²) in [4.78, 5) is 30.2. The van der Waals surface area contributed by atoms with Crippen LogP contribution >= 0.6 is 0 Å². The summed E-state index contributed by atoms with van der Waals surface area (Å²) in [6, 6.07) is 9.34. The van der Waals surface area contributed by atoms with Crippen LogP contribution in [0.25, 0.3) is 11.2 Å². The number of aromatic nitrogens is 4. The lowest BCUT2D eigenvalue weighted by Gasteiger charge is -2.21. The monoisotopic (exact) mass is 338 g/mol. The third kappa shape index (κ3) is 2.21. The number of imidazole rings is 1. The first kappa shape index (κ1) is 15.4. The number of nitrogens with one attached hydrogen (secondary N) is 1. The third-order valence-corrected chi connectivity index (χ3v) is 4.68. The van der Waals surface area contributed by atoms with Gasteiger partial charge in [-0.3, -0.25) is 18.5 Å². The summed E-state index contributed by atoms with van der Waals surface area (Å²) in [6.07, 6.45) is 0. The van der Waals surface area contributed by atoms with Gasteiger partial charge in [-0.15, -0.1) is 0 Å². The van der Waals surface area contributed by atoms with Gasteiger partial charge in [-0.05, 0) is 19.4 Å². The van der Waals surface area contributed by atoms with Crippen LogP contribution in [0, 0.1) is 0 Å². The largest absolute Gasteiger partial charge is 0.332 e. The maximum Gasteiger partial charge on any atom is 0.332 e. The van der Waals surface area contributed by atoms with Crippen molar-refractivity contribution in [3.8, 4) is 0 Å². The molecule has 128 valence electrons. The molecule has 0 spiro atoms. The maximum absolute atomic E-state index is 13.1. The van der Waals surface area contributed by atoms with E-state index in [0.717, 1.165) is 11.3 Å². The normalized spacial score (nSPS) is 16.4. The Morgan fingerprint density at radius 2 is 1.92 bits per heavy atom. The van der Waals surface area contributed by atoms with E-state index in [-0.39, 0.29) is 23.8 Å². The van der Waals surface area contributed by atoms with Gasteiger partial charge >= 0.3 is 5.69 Å². The highest BCUT2D eigenvalue weighted by Gasteiger charge is 2.26. The van der Waals surface area contributed by atoms with Gasteiger partial charge in [0.2, 0.25) is 5.95 Å². The van der Waals surface area contributed by atoms with E-state index in [1.54, 1.807) is 11.6 Å². The first-order chi connectivity index (χ1) is 12.0. The van der Waals surface area contributed by atoms with Crippen LogP contribution in [-0.2, 0) is 13.6 Å². The van der Waals surface area contributed by atoms with Crippen molar-refractivity contribution >= 4 is 22.8 Å². The second-order valence-electron chi connectivity index (χ2n) is 6.24. The van der Waals surface area contributed by atoms with E-state index >= 15 is 0 Å². The average molecular weight is 338 g/mol. The number of rotatable bonds is 2. The van der Waals surface area contributed by atoms with Gasteiger partial charge in [0.05, 0.1) is 18.3 Å². The second kappa shape index (κ2) is 5.44. The van der Waals surface area contributed by atoms with Gasteiger partial charge in [0, 0.05) is 7.05 Å². The Balaban J connectivity index is 2.01. The highest BCUT2D eigenvalue weighted by Crippen LogP contribution is 2.25. The van der Waals surface area contributed by atoms with Crippen molar-refractivity contribution in [2.45, 2.75) is 26.4 Å². The zero-order valence-electron chi connectivity index (χ0n) is 14.2. The summed E-state index contributed by atoms with van der Waals surface area (Å²) in [6.45, 7) is 4.06.